The first-order chi connectivity index (χ1) is 26.2. The minimum Gasteiger partial charge on any atom is -0.498 e. The van der Waals surface area contributed by atoms with Gasteiger partial charge in [-0.15, -0.1) is 0 Å². The Morgan fingerprint density at radius 2 is 1.20 bits per heavy atom. The Morgan fingerprint density at radius 3 is 1.83 bits per heavy atom. The summed E-state index contributed by atoms with van der Waals surface area (Å²) in [6, 6.07) is 0. The molecule has 0 aliphatic heterocycles. The molecule has 0 heterocycles. The van der Waals surface area contributed by atoms with Gasteiger partial charge < -0.3 is 30.3 Å². The fraction of sp³-hybridized carbons (Fsp3) is 0.698. The van der Waals surface area contributed by atoms with E-state index in [2.05, 4.69) is 32.1 Å². The van der Waals surface area contributed by atoms with E-state index in [1.165, 1.54) is 77.0 Å². The number of carbonyl (C=O) groups is 1. The third kappa shape index (κ3) is 38.0. The van der Waals surface area contributed by atoms with Crippen LogP contribution in [0.25, 0.3) is 0 Å². The Kier molecular flexibility index (Phi) is 37.3. The van der Waals surface area contributed by atoms with Crippen LogP contribution in [0.2, 0.25) is 0 Å². The molecule has 0 aromatic rings. The van der Waals surface area contributed by atoms with Crippen molar-refractivity contribution in [2.45, 2.75) is 167 Å². The predicted octanol–water partition coefficient (Wildman–Crippen LogP) is 10.3. The molecule has 0 rings (SSSR count). The van der Waals surface area contributed by atoms with Gasteiger partial charge in [-0.25, -0.2) is 4.57 Å². The Hall–Kier alpha value is -2.30. The normalized spacial score (nSPS) is 15.4. The van der Waals surface area contributed by atoms with Crippen molar-refractivity contribution in [2.75, 3.05) is 26.4 Å². The van der Waals surface area contributed by atoms with E-state index >= 15 is 0 Å². The van der Waals surface area contributed by atoms with Crippen molar-refractivity contribution in [2.24, 2.45) is 5.73 Å². The maximum atomic E-state index is 12.6. The highest BCUT2D eigenvalue weighted by atomic mass is 31.2. The largest absolute Gasteiger partial charge is 0.498 e. The van der Waals surface area contributed by atoms with E-state index in [-0.39, 0.29) is 26.2 Å². The molecule has 0 aliphatic carbocycles. The molecule has 0 aromatic heterocycles. The fourth-order valence-corrected chi connectivity index (χ4v) is 5.97. The number of esters is 1. The first-order valence-corrected chi connectivity index (χ1v) is 22.2. The molecule has 1 unspecified atom stereocenters. The van der Waals surface area contributed by atoms with Crippen molar-refractivity contribution in [1.82, 2.24) is 0 Å². The van der Waals surface area contributed by atoms with Gasteiger partial charge in [-0.2, -0.15) is 0 Å². The van der Waals surface area contributed by atoms with Gasteiger partial charge in [-0.05, 0) is 76.7 Å². The number of aliphatic hydroxyl groups is 2. The van der Waals surface area contributed by atoms with Gasteiger partial charge in [0.05, 0.1) is 31.7 Å². The minimum absolute atomic E-state index is 0.0378. The smallest absolute Gasteiger partial charge is 0.472 e. The molecule has 0 aromatic carbocycles. The lowest BCUT2D eigenvalue weighted by atomic mass is 10.1. The Balaban J connectivity index is 4.43. The number of rotatable bonds is 38. The van der Waals surface area contributed by atoms with E-state index < -0.39 is 38.7 Å². The molecule has 0 bridgehead atoms. The number of phosphoric acid groups is 1. The zero-order valence-electron chi connectivity index (χ0n) is 33.7. The van der Waals surface area contributed by atoms with Crippen LogP contribution >= 0.6 is 7.82 Å². The van der Waals surface area contributed by atoms with Crippen LogP contribution in [0.5, 0.6) is 0 Å². The Morgan fingerprint density at radius 1 is 0.667 bits per heavy atom. The molecule has 0 amide bonds. The number of aliphatic hydroxyl groups excluding tert-OH is 2. The van der Waals surface area contributed by atoms with Crippen molar-refractivity contribution in [3.8, 4) is 0 Å². The van der Waals surface area contributed by atoms with Crippen LogP contribution in [0.1, 0.15) is 149 Å². The summed E-state index contributed by atoms with van der Waals surface area (Å²) in [6.45, 7) is 3.85. The van der Waals surface area contributed by atoms with E-state index in [1.54, 1.807) is 42.7 Å². The van der Waals surface area contributed by atoms with Crippen LogP contribution in [0, 0.1) is 0 Å². The lowest BCUT2D eigenvalue weighted by molar-refractivity contribution is -0.153. The van der Waals surface area contributed by atoms with Gasteiger partial charge in [0, 0.05) is 13.0 Å². The maximum absolute atomic E-state index is 12.6. The van der Waals surface area contributed by atoms with Crippen molar-refractivity contribution in [3.05, 3.63) is 73.1 Å². The summed E-state index contributed by atoms with van der Waals surface area (Å²) in [6.07, 6.45) is 42.1. The molecular weight excluding hydrogens is 705 g/mol. The van der Waals surface area contributed by atoms with Crippen LogP contribution in [0.3, 0.4) is 0 Å². The first kappa shape index (κ1) is 51.7. The molecular formula is C43H76NO9P. The highest BCUT2D eigenvalue weighted by Crippen LogP contribution is 2.43. The number of nitrogens with two attached hydrogens (primary N) is 1. The van der Waals surface area contributed by atoms with E-state index in [0.29, 0.717) is 19.3 Å². The first-order valence-electron chi connectivity index (χ1n) is 20.7. The number of hydrogen-bond acceptors (Lipinski definition) is 9. The van der Waals surface area contributed by atoms with Crippen LogP contribution in [-0.4, -0.2) is 65.8 Å². The number of ether oxygens (including phenoxy) is 2. The zero-order valence-corrected chi connectivity index (χ0v) is 34.5. The van der Waals surface area contributed by atoms with Gasteiger partial charge in [0.1, 0.15) is 6.61 Å². The third-order valence-corrected chi connectivity index (χ3v) is 9.33. The van der Waals surface area contributed by atoms with Crippen molar-refractivity contribution < 1.29 is 43.0 Å². The second-order valence-electron chi connectivity index (χ2n) is 13.6. The van der Waals surface area contributed by atoms with E-state index in [4.69, 9.17) is 24.3 Å². The lowest BCUT2D eigenvalue weighted by Crippen LogP contribution is -2.28. The Bertz CT molecular complexity index is 1090. The number of phosphoric ester groups is 1. The molecule has 54 heavy (non-hydrogen) atoms. The standard InChI is InChI=1S/C43H76NO9P/c1-3-5-7-9-11-12-13-14-15-16-17-18-19-20-24-28-36-50-38-42(39-52-54(48,49)51-37-35-44)53-43(47)34-29-33-41(46)32-27-23-22-26-31-40(45)30-25-21-10-8-6-4-2/h14-15,21-23,25-28,31-32,36,40-42,45-46H,3-13,16-20,24,29-30,33-35,37-39,44H2,1-2H3,(H,48,49)/b15-14-,23-22+,25-21-,31-26+,32-27-,36-28+/t40-,41-,42+/m0/s1. The summed E-state index contributed by atoms with van der Waals surface area (Å²) < 4.78 is 32.9. The summed E-state index contributed by atoms with van der Waals surface area (Å²) in [7, 11) is -4.37. The highest BCUT2D eigenvalue weighted by Gasteiger charge is 2.25. The fourth-order valence-electron chi connectivity index (χ4n) is 5.21. The molecule has 312 valence electrons. The van der Waals surface area contributed by atoms with Crippen molar-refractivity contribution in [3.63, 3.8) is 0 Å². The highest BCUT2D eigenvalue weighted by molar-refractivity contribution is 7.47. The van der Waals surface area contributed by atoms with Gasteiger partial charge in [-0.1, -0.05) is 132 Å². The summed E-state index contributed by atoms with van der Waals surface area (Å²) in [5, 5.41) is 20.3. The summed E-state index contributed by atoms with van der Waals surface area (Å²) in [4.78, 5) is 22.4. The van der Waals surface area contributed by atoms with Gasteiger partial charge in [0.15, 0.2) is 6.10 Å². The lowest BCUT2D eigenvalue weighted by Gasteiger charge is -2.19. The molecule has 0 saturated heterocycles. The van der Waals surface area contributed by atoms with Gasteiger partial charge in [-0.3, -0.25) is 13.8 Å². The van der Waals surface area contributed by atoms with E-state index in [1.807, 2.05) is 12.2 Å². The molecule has 4 atom stereocenters. The SMILES string of the molecule is CCCCC/C=C\C[C@H](O)/C=C/C=C/C=C\[C@H](O)CCCC(=O)O[C@H](CO/C=C/CCCCCC/C=C\CCCCCCCC)COP(=O)(O)OCCN. The molecule has 10 nitrogen and oxygen atoms in total. The number of unbranched alkanes of at least 4 members (excludes halogenated alkanes) is 14. The molecule has 0 aliphatic rings. The van der Waals surface area contributed by atoms with Gasteiger partial charge in [0.2, 0.25) is 0 Å². The van der Waals surface area contributed by atoms with Crippen molar-refractivity contribution in [1.29, 1.82) is 0 Å². The van der Waals surface area contributed by atoms with Crippen LogP contribution in [0.4, 0.5) is 0 Å². The minimum atomic E-state index is -4.37. The Labute approximate surface area is 328 Å². The average molecular weight is 782 g/mol. The molecule has 5 N–H and O–H groups in total. The summed E-state index contributed by atoms with van der Waals surface area (Å²) in [5.74, 6) is -0.542. The molecule has 0 saturated carbocycles. The molecule has 0 radical (unpaired) electrons. The molecule has 0 spiro atoms. The second kappa shape index (κ2) is 39.0. The molecule has 0 fully saturated rings. The second-order valence-corrected chi connectivity index (χ2v) is 15.1. The van der Waals surface area contributed by atoms with Crippen molar-refractivity contribution >= 4 is 13.8 Å². The van der Waals surface area contributed by atoms with Crippen LogP contribution in [0.15, 0.2) is 73.1 Å². The molecule has 11 heteroatoms. The zero-order chi connectivity index (χ0) is 39.8. The van der Waals surface area contributed by atoms with E-state index in [9.17, 15) is 24.5 Å². The third-order valence-electron chi connectivity index (χ3n) is 8.35. The van der Waals surface area contributed by atoms with Gasteiger partial charge in [0.25, 0.3) is 0 Å². The number of carbonyl (C=O) groups excluding carboxylic acids is 1. The summed E-state index contributed by atoms with van der Waals surface area (Å²) in [5.41, 5.74) is 5.34. The maximum Gasteiger partial charge on any atom is 0.472 e. The summed E-state index contributed by atoms with van der Waals surface area (Å²) >= 11 is 0. The quantitative estimate of drug-likeness (QED) is 0.0119. The van der Waals surface area contributed by atoms with E-state index in [0.717, 1.165) is 32.1 Å². The van der Waals surface area contributed by atoms with Crippen LogP contribution in [-0.2, 0) is 27.9 Å². The number of allylic oxidation sites excluding steroid dienone is 8. The monoisotopic (exact) mass is 782 g/mol. The number of hydrogen-bond donors (Lipinski definition) is 4. The average Bonchev–Trinajstić information content (AvgIpc) is 3.15. The van der Waals surface area contributed by atoms with Crippen LogP contribution < -0.4 is 5.73 Å². The van der Waals surface area contributed by atoms with Gasteiger partial charge >= 0.3 is 13.8 Å². The topological polar surface area (TPSA) is 158 Å². The predicted molar refractivity (Wildman–Crippen MR) is 222 cm³/mol.